The molecule has 2 aromatic rings. The molecule has 0 bridgehead atoms. The maximum atomic E-state index is 12.0. The molecule has 0 spiro atoms. The number of hydrogen-bond acceptors (Lipinski definition) is 5. The highest BCUT2D eigenvalue weighted by molar-refractivity contribution is 7.90. The number of hydrogen-bond donors (Lipinski definition) is 1. The van der Waals surface area contributed by atoms with E-state index < -0.39 is 10.0 Å². The van der Waals surface area contributed by atoms with Gasteiger partial charge < -0.3 is 0 Å². The molecule has 0 aromatic carbocycles. The van der Waals surface area contributed by atoms with Gasteiger partial charge in [-0.3, -0.25) is 14.3 Å². The summed E-state index contributed by atoms with van der Waals surface area (Å²) in [6.45, 7) is 5.96. The first-order chi connectivity index (χ1) is 12.5. The summed E-state index contributed by atoms with van der Waals surface area (Å²) < 4.78 is 30.8. The van der Waals surface area contributed by atoms with Crippen LogP contribution in [0.4, 0.5) is 0 Å². The highest BCUT2D eigenvalue weighted by Gasteiger charge is 2.35. The van der Waals surface area contributed by atoms with Crippen molar-refractivity contribution in [1.29, 1.82) is 0 Å². The lowest BCUT2D eigenvalue weighted by Gasteiger charge is -2.33. The molecule has 1 atom stereocenters. The SMILES string of the molecule is CCn1cc(CN2Cc3ccnn3[C@@H](CCNS(=O)(=O)C3CC3)C2)cn1. The van der Waals surface area contributed by atoms with Gasteiger partial charge in [0.05, 0.1) is 23.2 Å². The van der Waals surface area contributed by atoms with Crippen molar-refractivity contribution in [1.82, 2.24) is 29.2 Å². The van der Waals surface area contributed by atoms with Crippen LogP contribution in [0.2, 0.25) is 0 Å². The van der Waals surface area contributed by atoms with Crippen molar-refractivity contribution >= 4 is 10.0 Å². The van der Waals surface area contributed by atoms with Gasteiger partial charge in [0.15, 0.2) is 0 Å². The van der Waals surface area contributed by atoms with Crippen LogP contribution in [0.25, 0.3) is 0 Å². The molecule has 0 unspecified atom stereocenters. The molecule has 1 fully saturated rings. The molecule has 3 heterocycles. The van der Waals surface area contributed by atoms with E-state index in [9.17, 15) is 8.42 Å². The second-order valence-electron chi connectivity index (χ2n) is 7.22. The van der Waals surface area contributed by atoms with Crippen LogP contribution in [0.5, 0.6) is 0 Å². The number of aromatic nitrogens is 4. The first-order valence-electron chi connectivity index (χ1n) is 9.29. The van der Waals surface area contributed by atoms with Crippen LogP contribution >= 0.6 is 0 Å². The quantitative estimate of drug-likeness (QED) is 0.744. The zero-order valence-corrected chi connectivity index (χ0v) is 15.9. The Morgan fingerprint density at radius 2 is 2.15 bits per heavy atom. The van der Waals surface area contributed by atoms with Gasteiger partial charge in [0.25, 0.3) is 0 Å². The zero-order valence-electron chi connectivity index (χ0n) is 15.1. The number of nitrogens with zero attached hydrogens (tertiary/aromatic N) is 5. The predicted molar refractivity (Wildman–Crippen MR) is 97.8 cm³/mol. The van der Waals surface area contributed by atoms with E-state index in [-0.39, 0.29) is 11.3 Å². The van der Waals surface area contributed by atoms with Crippen LogP contribution in [0, 0.1) is 0 Å². The van der Waals surface area contributed by atoms with Crippen LogP contribution < -0.4 is 4.72 Å². The first-order valence-corrected chi connectivity index (χ1v) is 10.8. The monoisotopic (exact) mass is 378 g/mol. The average Bonchev–Trinajstić information content (AvgIpc) is 3.22. The van der Waals surface area contributed by atoms with E-state index in [0.717, 1.165) is 45.4 Å². The maximum Gasteiger partial charge on any atom is 0.214 e. The molecule has 0 amide bonds. The molecule has 142 valence electrons. The number of aryl methyl sites for hydroxylation is 1. The van der Waals surface area contributed by atoms with Crippen molar-refractivity contribution < 1.29 is 8.42 Å². The van der Waals surface area contributed by atoms with Gasteiger partial charge in [-0.25, -0.2) is 13.1 Å². The minimum atomic E-state index is -3.12. The van der Waals surface area contributed by atoms with Crippen molar-refractivity contribution in [2.45, 2.75) is 57.1 Å². The Balaban J connectivity index is 1.39. The molecule has 1 aliphatic carbocycles. The largest absolute Gasteiger partial charge is 0.291 e. The Morgan fingerprint density at radius 3 is 2.88 bits per heavy atom. The molecule has 2 aromatic heterocycles. The van der Waals surface area contributed by atoms with E-state index in [2.05, 4.69) is 37.6 Å². The number of sulfonamides is 1. The fourth-order valence-electron chi connectivity index (χ4n) is 3.58. The molecule has 9 heteroatoms. The number of rotatable bonds is 8. The second-order valence-corrected chi connectivity index (χ2v) is 9.27. The second kappa shape index (κ2) is 7.13. The minimum Gasteiger partial charge on any atom is -0.291 e. The fourth-order valence-corrected chi connectivity index (χ4v) is 4.98. The van der Waals surface area contributed by atoms with E-state index in [1.54, 1.807) is 0 Å². The van der Waals surface area contributed by atoms with Gasteiger partial charge >= 0.3 is 0 Å². The molecule has 4 rings (SSSR count). The van der Waals surface area contributed by atoms with Crippen molar-refractivity contribution in [3.8, 4) is 0 Å². The smallest absolute Gasteiger partial charge is 0.214 e. The van der Waals surface area contributed by atoms with Crippen LogP contribution in [0.15, 0.2) is 24.7 Å². The summed E-state index contributed by atoms with van der Waals surface area (Å²) >= 11 is 0. The van der Waals surface area contributed by atoms with Gasteiger partial charge in [0, 0.05) is 50.7 Å². The standard InChI is InChI=1S/C17H26N6O2S/c1-2-22-11-14(9-19-22)10-21-12-15-5-7-18-23(15)16(13-21)6-8-20-26(24,25)17-3-4-17/h5,7,9,11,16-17,20H,2-4,6,8,10,12-13H2,1H3/t16-/m0/s1. The van der Waals surface area contributed by atoms with Gasteiger partial charge in [-0.1, -0.05) is 0 Å². The van der Waals surface area contributed by atoms with Crippen LogP contribution in [0.3, 0.4) is 0 Å². The van der Waals surface area contributed by atoms with Crippen LogP contribution in [-0.4, -0.2) is 51.2 Å². The highest BCUT2D eigenvalue weighted by atomic mass is 32.2. The number of fused-ring (bicyclic) bond motifs is 1. The predicted octanol–water partition coefficient (Wildman–Crippen LogP) is 1.13. The van der Waals surface area contributed by atoms with Gasteiger partial charge in [-0.2, -0.15) is 10.2 Å². The Bertz CT molecular complexity index is 854. The molecule has 1 N–H and O–H groups in total. The van der Waals surface area contributed by atoms with E-state index in [0.29, 0.717) is 6.54 Å². The van der Waals surface area contributed by atoms with E-state index in [1.165, 1.54) is 11.3 Å². The molecule has 0 saturated heterocycles. The molecule has 1 saturated carbocycles. The fraction of sp³-hybridized carbons (Fsp3) is 0.647. The first kappa shape index (κ1) is 17.7. The lowest BCUT2D eigenvalue weighted by molar-refractivity contribution is 0.162. The number of nitrogens with one attached hydrogen (secondary N) is 1. The van der Waals surface area contributed by atoms with Crippen molar-refractivity contribution in [2.75, 3.05) is 13.1 Å². The summed E-state index contributed by atoms with van der Waals surface area (Å²) in [5.41, 5.74) is 2.38. The summed E-state index contributed by atoms with van der Waals surface area (Å²) in [7, 11) is -3.12. The molecule has 8 nitrogen and oxygen atoms in total. The van der Waals surface area contributed by atoms with Crippen molar-refractivity contribution in [3.63, 3.8) is 0 Å². The zero-order chi connectivity index (χ0) is 18.1. The Morgan fingerprint density at radius 1 is 1.31 bits per heavy atom. The molecule has 2 aliphatic rings. The van der Waals surface area contributed by atoms with E-state index in [1.807, 2.05) is 23.1 Å². The summed E-state index contributed by atoms with van der Waals surface area (Å²) in [4.78, 5) is 2.38. The highest BCUT2D eigenvalue weighted by Crippen LogP contribution is 2.28. The Labute approximate surface area is 154 Å². The van der Waals surface area contributed by atoms with Crippen LogP contribution in [-0.2, 0) is 29.7 Å². The summed E-state index contributed by atoms with van der Waals surface area (Å²) in [6, 6.07) is 2.22. The third-order valence-electron chi connectivity index (χ3n) is 5.11. The molecule has 0 radical (unpaired) electrons. The van der Waals surface area contributed by atoms with E-state index in [4.69, 9.17) is 0 Å². The van der Waals surface area contributed by atoms with Crippen molar-refractivity contribution in [2.24, 2.45) is 0 Å². The molecule has 26 heavy (non-hydrogen) atoms. The third-order valence-corrected chi connectivity index (χ3v) is 7.07. The van der Waals surface area contributed by atoms with Gasteiger partial charge in [-0.05, 0) is 32.3 Å². The average molecular weight is 379 g/mol. The summed E-state index contributed by atoms with van der Waals surface area (Å²) in [5, 5.41) is 8.64. The van der Waals surface area contributed by atoms with Crippen molar-refractivity contribution in [3.05, 3.63) is 35.9 Å². The Kier molecular flexibility index (Phi) is 4.85. The normalized spacial score (nSPS) is 21.0. The van der Waals surface area contributed by atoms with Gasteiger partial charge in [0.1, 0.15) is 0 Å². The van der Waals surface area contributed by atoms with E-state index >= 15 is 0 Å². The topological polar surface area (TPSA) is 85.0 Å². The lowest BCUT2D eigenvalue weighted by Crippen LogP contribution is -2.39. The van der Waals surface area contributed by atoms with Gasteiger partial charge in [-0.15, -0.1) is 0 Å². The van der Waals surface area contributed by atoms with Crippen LogP contribution in [0.1, 0.15) is 43.5 Å². The molecular formula is C17H26N6O2S. The Hall–Kier alpha value is -1.71. The lowest BCUT2D eigenvalue weighted by atomic mass is 10.1. The third kappa shape index (κ3) is 3.84. The summed E-state index contributed by atoms with van der Waals surface area (Å²) in [5.74, 6) is 0. The maximum absolute atomic E-state index is 12.0. The summed E-state index contributed by atoms with van der Waals surface area (Å²) in [6.07, 6.45) is 8.17. The molecule has 1 aliphatic heterocycles. The minimum absolute atomic E-state index is 0.166. The molecular weight excluding hydrogens is 352 g/mol. The van der Waals surface area contributed by atoms with Gasteiger partial charge in [0.2, 0.25) is 10.0 Å².